The van der Waals surface area contributed by atoms with E-state index in [-0.39, 0.29) is 16.9 Å². The highest BCUT2D eigenvalue weighted by molar-refractivity contribution is 7.98. The molecule has 116 valence electrons. The number of amides is 1. The molecule has 0 aliphatic carbocycles. The van der Waals surface area contributed by atoms with E-state index in [2.05, 4.69) is 12.1 Å². The second-order valence-corrected chi connectivity index (χ2v) is 8.67. The molecule has 0 N–H and O–H groups in total. The Bertz CT molecular complexity index is 590. The van der Waals surface area contributed by atoms with Crippen LogP contribution in [0, 0.1) is 0 Å². The lowest BCUT2D eigenvalue weighted by atomic mass is 10.1. The Morgan fingerprint density at radius 2 is 1.90 bits per heavy atom. The van der Waals surface area contributed by atoms with E-state index in [1.807, 2.05) is 18.4 Å². The first-order valence-electron chi connectivity index (χ1n) is 7.08. The molecule has 0 spiro atoms. The normalized spacial score (nSPS) is 15.8. The van der Waals surface area contributed by atoms with Crippen molar-refractivity contribution in [3.05, 3.63) is 29.8 Å². The number of aryl methyl sites for hydroxylation is 1. The van der Waals surface area contributed by atoms with Crippen LogP contribution in [0.3, 0.4) is 0 Å². The maximum atomic E-state index is 12.0. The van der Waals surface area contributed by atoms with Gasteiger partial charge in [-0.05, 0) is 30.4 Å². The first kappa shape index (κ1) is 16.4. The van der Waals surface area contributed by atoms with Gasteiger partial charge in [-0.1, -0.05) is 19.1 Å². The number of benzene rings is 1. The molecule has 0 unspecified atom stereocenters. The third kappa shape index (κ3) is 4.01. The zero-order chi connectivity index (χ0) is 15.5. The summed E-state index contributed by atoms with van der Waals surface area (Å²) >= 11 is 1.69. The Morgan fingerprint density at radius 3 is 2.43 bits per heavy atom. The summed E-state index contributed by atoms with van der Waals surface area (Å²) in [6.45, 7) is 2.37. The van der Waals surface area contributed by atoms with Gasteiger partial charge in [0, 0.05) is 30.2 Å². The van der Waals surface area contributed by atoms with E-state index in [0.29, 0.717) is 25.9 Å². The summed E-state index contributed by atoms with van der Waals surface area (Å²) in [7, 11) is -3.00. The zero-order valence-corrected chi connectivity index (χ0v) is 14.0. The summed E-state index contributed by atoms with van der Waals surface area (Å²) < 4.78 is 23.3. The zero-order valence-electron chi connectivity index (χ0n) is 12.4. The predicted octanol–water partition coefficient (Wildman–Crippen LogP) is 1.99. The molecule has 2 rings (SSSR count). The molecule has 0 bridgehead atoms. The van der Waals surface area contributed by atoms with Gasteiger partial charge in [0.1, 0.15) is 0 Å². The molecule has 0 aromatic heterocycles. The van der Waals surface area contributed by atoms with Crippen LogP contribution in [0.2, 0.25) is 0 Å². The summed E-state index contributed by atoms with van der Waals surface area (Å²) in [6, 6.07) is 8.19. The van der Waals surface area contributed by atoms with E-state index >= 15 is 0 Å². The minimum atomic E-state index is -3.00. The van der Waals surface area contributed by atoms with Crippen LogP contribution < -0.4 is 0 Å². The molecule has 6 heteroatoms. The standard InChI is InChI=1S/C15H21NO3S2/c1-3-21(18,19)14-10-16(11-14)15(17)9-6-12-4-7-13(20-2)8-5-12/h4-5,7-8,14H,3,6,9-11H2,1-2H3. The van der Waals surface area contributed by atoms with E-state index < -0.39 is 9.84 Å². The van der Waals surface area contributed by atoms with Crippen molar-refractivity contribution in [3.8, 4) is 0 Å². The molecule has 1 aliphatic heterocycles. The van der Waals surface area contributed by atoms with Crippen molar-refractivity contribution in [1.82, 2.24) is 4.90 Å². The number of carbonyl (C=O) groups excluding carboxylic acids is 1. The molecule has 1 heterocycles. The summed E-state index contributed by atoms with van der Waals surface area (Å²) in [5, 5.41) is -0.354. The minimum Gasteiger partial charge on any atom is -0.340 e. The third-order valence-corrected chi connectivity index (χ3v) is 6.76. The van der Waals surface area contributed by atoms with Crippen LogP contribution in [0.25, 0.3) is 0 Å². The first-order valence-corrected chi connectivity index (χ1v) is 10.0. The lowest BCUT2D eigenvalue weighted by Gasteiger charge is -2.38. The van der Waals surface area contributed by atoms with Crippen molar-refractivity contribution in [3.63, 3.8) is 0 Å². The van der Waals surface area contributed by atoms with Gasteiger partial charge in [-0.25, -0.2) is 8.42 Å². The van der Waals surface area contributed by atoms with Crippen LogP contribution in [-0.2, 0) is 21.1 Å². The van der Waals surface area contributed by atoms with E-state index in [9.17, 15) is 13.2 Å². The highest BCUT2D eigenvalue weighted by Gasteiger charge is 2.38. The van der Waals surface area contributed by atoms with Crippen LogP contribution in [0.1, 0.15) is 18.9 Å². The minimum absolute atomic E-state index is 0.0477. The molecular weight excluding hydrogens is 306 g/mol. The molecular formula is C15H21NO3S2. The highest BCUT2D eigenvalue weighted by Crippen LogP contribution is 2.19. The molecule has 0 radical (unpaired) electrons. The Labute approximate surface area is 130 Å². The van der Waals surface area contributed by atoms with Crippen LogP contribution in [0.15, 0.2) is 29.2 Å². The maximum absolute atomic E-state index is 12.0. The largest absolute Gasteiger partial charge is 0.340 e. The lowest BCUT2D eigenvalue weighted by Crippen LogP contribution is -2.57. The number of hydrogen-bond donors (Lipinski definition) is 0. The Kier molecular flexibility index (Phi) is 5.32. The van der Waals surface area contributed by atoms with Crippen LogP contribution in [-0.4, -0.2) is 49.6 Å². The Balaban J connectivity index is 1.78. The van der Waals surface area contributed by atoms with E-state index in [1.165, 1.54) is 4.90 Å². The second-order valence-electron chi connectivity index (χ2n) is 5.22. The van der Waals surface area contributed by atoms with Gasteiger partial charge in [-0.3, -0.25) is 4.79 Å². The molecule has 1 saturated heterocycles. The molecule has 21 heavy (non-hydrogen) atoms. The van der Waals surface area contributed by atoms with Gasteiger partial charge in [0.25, 0.3) is 0 Å². The van der Waals surface area contributed by atoms with Gasteiger partial charge in [0.2, 0.25) is 5.91 Å². The van der Waals surface area contributed by atoms with Gasteiger partial charge in [0.15, 0.2) is 9.84 Å². The number of hydrogen-bond acceptors (Lipinski definition) is 4. The lowest BCUT2D eigenvalue weighted by molar-refractivity contribution is -0.134. The van der Waals surface area contributed by atoms with Gasteiger partial charge >= 0.3 is 0 Å². The average molecular weight is 327 g/mol. The fourth-order valence-electron chi connectivity index (χ4n) is 2.31. The molecule has 0 saturated carbocycles. The number of likely N-dealkylation sites (tertiary alicyclic amines) is 1. The molecule has 1 aliphatic rings. The van der Waals surface area contributed by atoms with Gasteiger partial charge in [0.05, 0.1) is 5.25 Å². The maximum Gasteiger partial charge on any atom is 0.222 e. The monoisotopic (exact) mass is 327 g/mol. The van der Waals surface area contributed by atoms with Gasteiger partial charge in [-0.15, -0.1) is 11.8 Å². The van der Waals surface area contributed by atoms with Gasteiger partial charge in [-0.2, -0.15) is 0 Å². The Hall–Kier alpha value is -1.01. The van der Waals surface area contributed by atoms with Crippen molar-refractivity contribution in [2.45, 2.75) is 29.9 Å². The average Bonchev–Trinajstić information content (AvgIpc) is 2.43. The Morgan fingerprint density at radius 1 is 1.29 bits per heavy atom. The fraction of sp³-hybridized carbons (Fsp3) is 0.533. The van der Waals surface area contributed by atoms with Crippen molar-refractivity contribution in [2.75, 3.05) is 25.1 Å². The summed E-state index contributed by atoms with van der Waals surface area (Å²) in [6.07, 6.45) is 3.18. The SMILES string of the molecule is CCS(=O)(=O)C1CN(C(=O)CCc2ccc(SC)cc2)C1. The summed E-state index contributed by atoms with van der Waals surface area (Å²) in [5.41, 5.74) is 1.14. The fourth-order valence-corrected chi connectivity index (χ4v) is 4.00. The molecule has 4 nitrogen and oxygen atoms in total. The number of sulfone groups is 1. The smallest absolute Gasteiger partial charge is 0.222 e. The van der Waals surface area contributed by atoms with Crippen molar-refractivity contribution in [1.29, 1.82) is 0 Å². The van der Waals surface area contributed by atoms with Crippen molar-refractivity contribution >= 4 is 27.5 Å². The highest BCUT2D eigenvalue weighted by atomic mass is 32.2. The number of nitrogens with zero attached hydrogens (tertiary/aromatic N) is 1. The predicted molar refractivity (Wildman–Crippen MR) is 86.4 cm³/mol. The van der Waals surface area contributed by atoms with Crippen LogP contribution in [0.5, 0.6) is 0 Å². The van der Waals surface area contributed by atoms with E-state index in [0.717, 1.165) is 5.56 Å². The molecule has 1 amide bonds. The first-order chi connectivity index (χ1) is 9.96. The van der Waals surface area contributed by atoms with Crippen molar-refractivity contribution in [2.24, 2.45) is 0 Å². The summed E-state index contributed by atoms with van der Waals surface area (Å²) in [4.78, 5) is 14.9. The van der Waals surface area contributed by atoms with Gasteiger partial charge < -0.3 is 4.90 Å². The molecule has 1 aromatic rings. The third-order valence-electron chi connectivity index (χ3n) is 3.90. The van der Waals surface area contributed by atoms with Crippen LogP contribution >= 0.6 is 11.8 Å². The number of rotatable bonds is 6. The second kappa shape index (κ2) is 6.83. The molecule has 1 aromatic carbocycles. The quantitative estimate of drug-likeness (QED) is 0.750. The van der Waals surface area contributed by atoms with E-state index in [4.69, 9.17) is 0 Å². The molecule has 1 fully saturated rings. The number of carbonyl (C=O) groups is 1. The topological polar surface area (TPSA) is 54.5 Å². The van der Waals surface area contributed by atoms with Crippen LogP contribution in [0.4, 0.5) is 0 Å². The number of thioether (sulfide) groups is 1. The molecule has 0 atom stereocenters. The van der Waals surface area contributed by atoms with E-state index in [1.54, 1.807) is 23.6 Å². The van der Waals surface area contributed by atoms with Crippen molar-refractivity contribution < 1.29 is 13.2 Å². The summed E-state index contributed by atoms with van der Waals surface area (Å²) in [5.74, 6) is 0.202.